The number of fused-ring (bicyclic) bond motifs is 1. The molecule has 0 atom stereocenters. The minimum Gasteiger partial charge on any atom is -0.352 e. The number of nitrogens with one attached hydrogen (secondary N) is 1. The molecule has 1 aromatic carbocycles. The number of benzene rings is 1. The maximum Gasteiger partial charge on any atom is 0.253 e. The maximum absolute atomic E-state index is 13.1. The van der Waals surface area contributed by atoms with E-state index in [-0.39, 0.29) is 23.6 Å². The van der Waals surface area contributed by atoms with Crippen LogP contribution in [0.15, 0.2) is 35.8 Å². The number of nitrogens with zero attached hydrogens (tertiary/aromatic N) is 7. The van der Waals surface area contributed by atoms with Crippen molar-refractivity contribution < 1.29 is 4.79 Å². The molecule has 1 fully saturated rings. The summed E-state index contributed by atoms with van der Waals surface area (Å²) < 4.78 is 1.83. The van der Waals surface area contributed by atoms with Crippen molar-refractivity contribution >= 4 is 58.1 Å². The molecular formula is C26H32Cl2N8OS. The summed E-state index contributed by atoms with van der Waals surface area (Å²) in [6, 6.07) is 7.85. The molecule has 0 bridgehead atoms. The van der Waals surface area contributed by atoms with Gasteiger partial charge in [0.1, 0.15) is 5.82 Å². The van der Waals surface area contributed by atoms with Crippen LogP contribution in [0.3, 0.4) is 0 Å². The van der Waals surface area contributed by atoms with Crippen molar-refractivity contribution in [3.05, 3.63) is 63.0 Å². The number of anilines is 1. The lowest BCUT2D eigenvalue weighted by Gasteiger charge is -2.35. The molecular weight excluding hydrogens is 543 g/mol. The van der Waals surface area contributed by atoms with Gasteiger partial charge in [0.2, 0.25) is 5.28 Å². The highest BCUT2D eigenvalue weighted by Crippen LogP contribution is 2.27. The molecule has 12 heteroatoms. The van der Waals surface area contributed by atoms with Crippen LogP contribution in [0.1, 0.15) is 46.9 Å². The zero-order valence-electron chi connectivity index (χ0n) is 21.6. The normalized spacial score (nSPS) is 13.7. The second-order valence-corrected chi connectivity index (χ2v) is 10.4. The fourth-order valence-corrected chi connectivity index (χ4v) is 5.56. The average Bonchev–Trinajstić information content (AvgIpc) is 3.54. The van der Waals surface area contributed by atoms with E-state index in [1.165, 1.54) is 5.56 Å². The number of piperazine rings is 1. The Balaban J connectivity index is 0.00000336. The van der Waals surface area contributed by atoms with Crippen molar-refractivity contribution in [1.29, 1.82) is 0 Å². The largest absolute Gasteiger partial charge is 0.352 e. The molecule has 0 spiro atoms. The van der Waals surface area contributed by atoms with E-state index in [0.717, 1.165) is 47.8 Å². The molecule has 1 N–H and O–H groups in total. The van der Waals surface area contributed by atoms with Crippen molar-refractivity contribution in [3.63, 3.8) is 0 Å². The molecule has 1 aliphatic rings. The molecule has 0 aliphatic carbocycles. The van der Waals surface area contributed by atoms with Crippen molar-refractivity contribution in [1.82, 2.24) is 34.9 Å². The van der Waals surface area contributed by atoms with Crippen molar-refractivity contribution in [2.75, 3.05) is 37.6 Å². The number of carbonyl (C=O) groups excluding carboxylic acids is 1. The SMILES string of the molecule is CCCc1nc(Cn2ncc3c(N4CCN(C(=O)c5ccc(CNCC)cc5)CC4)nc(Cl)nc32)cs1.Cl. The molecule has 3 aromatic heterocycles. The van der Waals surface area contributed by atoms with E-state index in [9.17, 15) is 4.79 Å². The molecule has 202 valence electrons. The van der Waals surface area contributed by atoms with Gasteiger partial charge in [-0.25, -0.2) is 9.67 Å². The Hall–Kier alpha value is -2.79. The quantitative estimate of drug-likeness (QED) is 0.295. The minimum atomic E-state index is 0. The topological polar surface area (TPSA) is 92.1 Å². The summed E-state index contributed by atoms with van der Waals surface area (Å²) in [5, 5.41) is 12.1. The Bertz CT molecular complexity index is 1370. The summed E-state index contributed by atoms with van der Waals surface area (Å²) in [4.78, 5) is 30.9. The first-order valence-corrected chi connectivity index (χ1v) is 14.0. The second kappa shape index (κ2) is 12.8. The number of thiazole rings is 1. The highest BCUT2D eigenvalue weighted by atomic mass is 35.5. The van der Waals surface area contributed by atoms with Crippen LogP contribution in [0.2, 0.25) is 5.28 Å². The van der Waals surface area contributed by atoms with Crippen LogP contribution in [0.4, 0.5) is 5.82 Å². The molecule has 5 rings (SSSR count). The number of hydrogen-bond donors (Lipinski definition) is 1. The molecule has 38 heavy (non-hydrogen) atoms. The predicted molar refractivity (Wildman–Crippen MR) is 155 cm³/mol. The van der Waals surface area contributed by atoms with E-state index in [2.05, 4.69) is 44.5 Å². The molecule has 1 amide bonds. The Kier molecular flexibility index (Phi) is 9.54. The molecule has 4 aromatic rings. The summed E-state index contributed by atoms with van der Waals surface area (Å²) in [5.74, 6) is 0.810. The standard InChI is InChI=1S/C26H31ClN8OS.ClH/c1-3-5-22-30-20(17-37-22)16-35-24-21(15-29-35)23(31-26(27)32-24)33-10-12-34(13-11-33)25(36)19-8-6-18(7-9-19)14-28-4-2;/h6-9,15,17,28H,3-5,10-14,16H2,1-2H3;1H. The first-order chi connectivity index (χ1) is 18.1. The Morgan fingerprint density at radius 2 is 1.84 bits per heavy atom. The number of hydrogen-bond acceptors (Lipinski definition) is 8. The van der Waals surface area contributed by atoms with Gasteiger partial charge < -0.3 is 15.1 Å². The Labute approximate surface area is 237 Å². The number of aromatic nitrogens is 5. The van der Waals surface area contributed by atoms with Gasteiger partial charge in [-0.2, -0.15) is 15.1 Å². The van der Waals surface area contributed by atoms with E-state index in [1.807, 2.05) is 33.8 Å². The molecule has 0 radical (unpaired) electrons. The van der Waals surface area contributed by atoms with Gasteiger partial charge in [-0.15, -0.1) is 23.7 Å². The molecule has 4 heterocycles. The van der Waals surface area contributed by atoms with Gasteiger partial charge in [0.05, 0.1) is 28.8 Å². The van der Waals surface area contributed by atoms with E-state index in [0.29, 0.717) is 43.9 Å². The maximum atomic E-state index is 13.1. The number of aryl methyl sites for hydroxylation is 1. The van der Waals surface area contributed by atoms with Gasteiger partial charge in [-0.3, -0.25) is 4.79 Å². The van der Waals surface area contributed by atoms with E-state index >= 15 is 0 Å². The van der Waals surface area contributed by atoms with Gasteiger partial charge in [-0.1, -0.05) is 26.0 Å². The number of amides is 1. The van der Waals surface area contributed by atoms with Crippen molar-refractivity contribution in [2.45, 2.75) is 39.8 Å². The third kappa shape index (κ3) is 6.26. The zero-order valence-corrected chi connectivity index (χ0v) is 24.0. The van der Waals surface area contributed by atoms with Crippen molar-refractivity contribution in [2.24, 2.45) is 0 Å². The van der Waals surface area contributed by atoms with Crippen LogP contribution in [0, 0.1) is 0 Å². The third-order valence-corrected chi connectivity index (χ3v) is 7.60. The van der Waals surface area contributed by atoms with Crippen LogP contribution in [0.5, 0.6) is 0 Å². The highest BCUT2D eigenvalue weighted by molar-refractivity contribution is 7.09. The fraction of sp³-hybridized carbons (Fsp3) is 0.423. The van der Waals surface area contributed by atoms with Crippen LogP contribution in [-0.4, -0.2) is 68.3 Å². The lowest BCUT2D eigenvalue weighted by Crippen LogP contribution is -2.49. The minimum absolute atomic E-state index is 0. The van der Waals surface area contributed by atoms with E-state index in [1.54, 1.807) is 17.5 Å². The summed E-state index contributed by atoms with van der Waals surface area (Å²) in [6.45, 7) is 9.02. The molecule has 1 aliphatic heterocycles. The van der Waals surface area contributed by atoms with Crippen molar-refractivity contribution in [3.8, 4) is 0 Å². The Morgan fingerprint density at radius 1 is 1.08 bits per heavy atom. The van der Waals surface area contributed by atoms with Gasteiger partial charge in [0.15, 0.2) is 5.65 Å². The summed E-state index contributed by atoms with van der Waals surface area (Å²) in [6.07, 6.45) is 3.86. The van der Waals surface area contributed by atoms with Gasteiger partial charge in [0.25, 0.3) is 5.91 Å². The number of carbonyl (C=O) groups is 1. The van der Waals surface area contributed by atoms with Gasteiger partial charge in [0, 0.05) is 43.7 Å². The smallest absolute Gasteiger partial charge is 0.253 e. The second-order valence-electron chi connectivity index (χ2n) is 9.09. The van der Waals surface area contributed by atoms with E-state index in [4.69, 9.17) is 16.6 Å². The summed E-state index contributed by atoms with van der Waals surface area (Å²) >= 11 is 8.03. The van der Waals surface area contributed by atoms with Crippen LogP contribution in [-0.2, 0) is 19.5 Å². The first-order valence-electron chi connectivity index (χ1n) is 12.7. The van der Waals surface area contributed by atoms with Crippen LogP contribution >= 0.6 is 35.3 Å². The first kappa shape index (κ1) is 28.2. The monoisotopic (exact) mass is 574 g/mol. The highest BCUT2D eigenvalue weighted by Gasteiger charge is 2.25. The Morgan fingerprint density at radius 3 is 2.55 bits per heavy atom. The summed E-state index contributed by atoms with van der Waals surface area (Å²) in [7, 11) is 0. The molecule has 0 saturated carbocycles. The third-order valence-electron chi connectivity index (χ3n) is 6.47. The lowest BCUT2D eigenvalue weighted by atomic mass is 10.1. The number of halogens is 2. The molecule has 0 unspecified atom stereocenters. The average molecular weight is 576 g/mol. The lowest BCUT2D eigenvalue weighted by molar-refractivity contribution is 0.0746. The molecule has 9 nitrogen and oxygen atoms in total. The zero-order chi connectivity index (χ0) is 25.8. The predicted octanol–water partition coefficient (Wildman–Crippen LogP) is 4.43. The van der Waals surface area contributed by atoms with E-state index < -0.39 is 0 Å². The number of rotatable bonds is 9. The van der Waals surface area contributed by atoms with Gasteiger partial charge in [-0.05, 0) is 48.7 Å². The summed E-state index contributed by atoms with van der Waals surface area (Å²) in [5.41, 5.74) is 3.55. The fourth-order valence-electron chi connectivity index (χ4n) is 4.51. The molecule has 1 saturated heterocycles. The van der Waals surface area contributed by atoms with Gasteiger partial charge >= 0.3 is 0 Å². The van der Waals surface area contributed by atoms with Crippen LogP contribution < -0.4 is 10.2 Å². The van der Waals surface area contributed by atoms with Crippen LogP contribution in [0.25, 0.3) is 11.0 Å².